The standard InChI is InChI=1S/C11H24N2/c1-4-10-13(5-2)11-8-6-7-9-12-3/h4,12H,1,5-11H2,2-3H3. The Bertz CT molecular complexity index is 113. The first-order valence-corrected chi connectivity index (χ1v) is 5.33. The van der Waals surface area contributed by atoms with Crippen LogP contribution in [0.2, 0.25) is 0 Å². The summed E-state index contributed by atoms with van der Waals surface area (Å²) in [6.07, 6.45) is 5.91. The topological polar surface area (TPSA) is 15.3 Å². The van der Waals surface area contributed by atoms with E-state index in [9.17, 15) is 0 Å². The average Bonchev–Trinajstić information content (AvgIpc) is 2.16. The van der Waals surface area contributed by atoms with Crippen molar-refractivity contribution in [2.45, 2.75) is 26.2 Å². The minimum atomic E-state index is 1.03. The monoisotopic (exact) mass is 184 g/mol. The number of hydrogen-bond acceptors (Lipinski definition) is 2. The van der Waals surface area contributed by atoms with Crippen LogP contribution in [0.15, 0.2) is 12.7 Å². The Kier molecular flexibility index (Phi) is 9.49. The summed E-state index contributed by atoms with van der Waals surface area (Å²) >= 11 is 0. The summed E-state index contributed by atoms with van der Waals surface area (Å²) in [7, 11) is 2.01. The van der Waals surface area contributed by atoms with Gasteiger partial charge in [-0.05, 0) is 39.5 Å². The highest BCUT2D eigenvalue weighted by Gasteiger charge is 1.97. The van der Waals surface area contributed by atoms with Crippen molar-refractivity contribution in [2.75, 3.05) is 33.2 Å². The Morgan fingerprint density at radius 3 is 2.62 bits per heavy atom. The highest BCUT2D eigenvalue weighted by Crippen LogP contribution is 1.98. The van der Waals surface area contributed by atoms with Gasteiger partial charge in [-0.3, -0.25) is 4.90 Å². The number of unbranched alkanes of at least 4 members (excludes halogenated alkanes) is 2. The predicted molar refractivity (Wildman–Crippen MR) is 60.1 cm³/mol. The number of rotatable bonds is 9. The lowest BCUT2D eigenvalue weighted by Gasteiger charge is -2.17. The van der Waals surface area contributed by atoms with E-state index in [-0.39, 0.29) is 0 Å². The first-order chi connectivity index (χ1) is 6.35. The van der Waals surface area contributed by atoms with E-state index in [1.807, 2.05) is 13.1 Å². The number of likely N-dealkylation sites (N-methyl/N-ethyl adjacent to an activating group) is 1. The minimum absolute atomic E-state index is 1.03. The summed E-state index contributed by atoms with van der Waals surface area (Å²) in [5.41, 5.74) is 0. The first kappa shape index (κ1) is 12.7. The second-order valence-electron chi connectivity index (χ2n) is 3.35. The van der Waals surface area contributed by atoms with Crippen LogP contribution < -0.4 is 5.32 Å². The number of hydrogen-bond donors (Lipinski definition) is 1. The molecule has 0 fully saturated rings. The molecular formula is C11H24N2. The molecule has 0 bridgehead atoms. The summed E-state index contributed by atoms with van der Waals surface area (Å²) in [5, 5.41) is 3.17. The van der Waals surface area contributed by atoms with E-state index in [0.29, 0.717) is 0 Å². The lowest BCUT2D eigenvalue weighted by atomic mass is 10.2. The van der Waals surface area contributed by atoms with E-state index in [4.69, 9.17) is 0 Å². The van der Waals surface area contributed by atoms with Crippen LogP contribution in [0.4, 0.5) is 0 Å². The first-order valence-electron chi connectivity index (χ1n) is 5.33. The highest BCUT2D eigenvalue weighted by molar-refractivity contribution is 4.72. The van der Waals surface area contributed by atoms with E-state index in [0.717, 1.165) is 19.6 Å². The van der Waals surface area contributed by atoms with Gasteiger partial charge in [-0.25, -0.2) is 0 Å². The fourth-order valence-corrected chi connectivity index (χ4v) is 1.38. The van der Waals surface area contributed by atoms with Crippen molar-refractivity contribution in [2.24, 2.45) is 0 Å². The van der Waals surface area contributed by atoms with Crippen LogP contribution in [-0.2, 0) is 0 Å². The molecule has 0 unspecified atom stereocenters. The largest absolute Gasteiger partial charge is 0.320 e. The maximum absolute atomic E-state index is 3.75. The Balaban J connectivity index is 3.22. The molecule has 1 N–H and O–H groups in total. The molecule has 78 valence electrons. The maximum atomic E-state index is 3.75. The van der Waals surface area contributed by atoms with Gasteiger partial charge in [0.1, 0.15) is 0 Å². The third kappa shape index (κ3) is 8.00. The number of nitrogens with one attached hydrogen (secondary N) is 1. The summed E-state index contributed by atoms with van der Waals surface area (Å²) in [4.78, 5) is 2.42. The molecule has 0 atom stereocenters. The van der Waals surface area contributed by atoms with E-state index in [1.54, 1.807) is 0 Å². The molecule has 0 saturated heterocycles. The van der Waals surface area contributed by atoms with Gasteiger partial charge in [-0.15, -0.1) is 6.58 Å². The van der Waals surface area contributed by atoms with Gasteiger partial charge in [0.05, 0.1) is 0 Å². The molecule has 0 rings (SSSR count). The minimum Gasteiger partial charge on any atom is -0.320 e. The van der Waals surface area contributed by atoms with Crippen molar-refractivity contribution < 1.29 is 0 Å². The molecule has 0 heterocycles. The van der Waals surface area contributed by atoms with Crippen LogP contribution >= 0.6 is 0 Å². The molecule has 0 aliphatic carbocycles. The van der Waals surface area contributed by atoms with Gasteiger partial charge in [0.15, 0.2) is 0 Å². The van der Waals surface area contributed by atoms with Gasteiger partial charge in [0.2, 0.25) is 0 Å². The zero-order chi connectivity index (χ0) is 9.94. The second kappa shape index (κ2) is 9.75. The van der Waals surface area contributed by atoms with E-state index >= 15 is 0 Å². The molecule has 0 aromatic rings. The van der Waals surface area contributed by atoms with Crippen LogP contribution in [0.5, 0.6) is 0 Å². The summed E-state index contributed by atoms with van der Waals surface area (Å²) < 4.78 is 0. The fraction of sp³-hybridized carbons (Fsp3) is 0.818. The van der Waals surface area contributed by atoms with Gasteiger partial charge in [0, 0.05) is 6.54 Å². The van der Waals surface area contributed by atoms with Crippen LogP contribution in [0.3, 0.4) is 0 Å². The zero-order valence-electron chi connectivity index (χ0n) is 9.18. The van der Waals surface area contributed by atoms with Crippen molar-refractivity contribution >= 4 is 0 Å². The summed E-state index contributed by atoms with van der Waals surface area (Å²) in [6.45, 7) is 10.5. The quantitative estimate of drug-likeness (QED) is 0.435. The fourth-order valence-electron chi connectivity index (χ4n) is 1.38. The Morgan fingerprint density at radius 1 is 1.31 bits per heavy atom. The molecule has 2 nitrogen and oxygen atoms in total. The van der Waals surface area contributed by atoms with Gasteiger partial charge in [0.25, 0.3) is 0 Å². The Hall–Kier alpha value is -0.340. The van der Waals surface area contributed by atoms with Crippen LogP contribution in [0.1, 0.15) is 26.2 Å². The molecule has 0 amide bonds. The Labute approximate surface area is 83.0 Å². The van der Waals surface area contributed by atoms with Crippen LogP contribution in [0.25, 0.3) is 0 Å². The molecule has 13 heavy (non-hydrogen) atoms. The van der Waals surface area contributed by atoms with Crippen molar-refractivity contribution in [3.8, 4) is 0 Å². The third-order valence-electron chi connectivity index (χ3n) is 2.24. The van der Waals surface area contributed by atoms with Crippen molar-refractivity contribution in [3.05, 3.63) is 12.7 Å². The Morgan fingerprint density at radius 2 is 2.08 bits per heavy atom. The lowest BCUT2D eigenvalue weighted by molar-refractivity contribution is 0.310. The van der Waals surface area contributed by atoms with E-state index in [2.05, 4.69) is 23.7 Å². The molecule has 0 aromatic carbocycles. The van der Waals surface area contributed by atoms with Crippen molar-refractivity contribution in [3.63, 3.8) is 0 Å². The molecule has 0 aliphatic heterocycles. The van der Waals surface area contributed by atoms with Gasteiger partial charge < -0.3 is 5.32 Å². The molecule has 0 aromatic heterocycles. The van der Waals surface area contributed by atoms with E-state index < -0.39 is 0 Å². The van der Waals surface area contributed by atoms with Gasteiger partial charge in [-0.1, -0.05) is 19.4 Å². The molecule has 0 radical (unpaired) electrons. The summed E-state index contributed by atoms with van der Waals surface area (Å²) in [6, 6.07) is 0. The molecule has 0 aliphatic rings. The smallest absolute Gasteiger partial charge is 0.0160 e. The SMILES string of the molecule is C=CCN(CC)CCCCCNC. The second-order valence-corrected chi connectivity index (χ2v) is 3.35. The molecule has 2 heteroatoms. The molecule has 0 saturated carbocycles. The maximum Gasteiger partial charge on any atom is 0.0160 e. The van der Waals surface area contributed by atoms with Gasteiger partial charge in [-0.2, -0.15) is 0 Å². The zero-order valence-corrected chi connectivity index (χ0v) is 9.18. The van der Waals surface area contributed by atoms with Crippen LogP contribution in [-0.4, -0.2) is 38.1 Å². The summed E-state index contributed by atoms with van der Waals surface area (Å²) in [5.74, 6) is 0. The third-order valence-corrected chi connectivity index (χ3v) is 2.24. The van der Waals surface area contributed by atoms with Crippen molar-refractivity contribution in [1.82, 2.24) is 10.2 Å². The van der Waals surface area contributed by atoms with Crippen molar-refractivity contribution in [1.29, 1.82) is 0 Å². The predicted octanol–water partition coefficient (Wildman–Crippen LogP) is 1.88. The highest BCUT2D eigenvalue weighted by atomic mass is 15.1. The van der Waals surface area contributed by atoms with Crippen LogP contribution in [0, 0.1) is 0 Å². The van der Waals surface area contributed by atoms with E-state index in [1.165, 1.54) is 25.8 Å². The lowest BCUT2D eigenvalue weighted by Crippen LogP contribution is -2.24. The molecule has 0 spiro atoms. The van der Waals surface area contributed by atoms with Gasteiger partial charge >= 0.3 is 0 Å². The normalized spacial score (nSPS) is 10.7. The molecular weight excluding hydrogens is 160 g/mol. The average molecular weight is 184 g/mol. The number of nitrogens with zero attached hydrogens (tertiary/aromatic N) is 1.